The number of amides is 2. The summed E-state index contributed by atoms with van der Waals surface area (Å²) in [7, 11) is 1.48. The fourth-order valence-corrected chi connectivity index (χ4v) is 2.51. The Morgan fingerprint density at radius 2 is 1.93 bits per heavy atom. The van der Waals surface area contributed by atoms with E-state index in [0.29, 0.717) is 22.8 Å². The summed E-state index contributed by atoms with van der Waals surface area (Å²) in [5.41, 5.74) is 6.26. The van der Waals surface area contributed by atoms with Crippen molar-refractivity contribution in [1.29, 1.82) is 0 Å². The highest BCUT2D eigenvalue weighted by Crippen LogP contribution is 2.36. The molecule has 2 heterocycles. The molecule has 29 heavy (non-hydrogen) atoms. The predicted octanol–water partition coefficient (Wildman–Crippen LogP) is 3.40. The van der Waals surface area contributed by atoms with Gasteiger partial charge in [-0.25, -0.2) is 14.8 Å². The van der Waals surface area contributed by atoms with Gasteiger partial charge in [-0.15, -0.1) is 0 Å². The maximum Gasteiger partial charge on any atom is 0.313 e. The number of aromatic nitrogens is 2. The van der Waals surface area contributed by atoms with Crippen molar-refractivity contribution in [1.82, 2.24) is 15.3 Å². The first-order chi connectivity index (χ1) is 14.0. The molecule has 0 aliphatic heterocycles. The monoisotopic (exact) mass is 404 g/mol. The third-order valence-corrected chi connectivity index (χ3v) is 3.84. The van der Waals surface area contributed by atoms with Crippen molar-refractivity contribution in [2.75, 3.05) is 20.3 Å². The van der Waals surface area contributed by atoms with Crippen LogP contribution in [0.2, 0.25) is 0 Å². The number of alkyl halides is 2. The van der Waals surface area contributed by atoms with Crippen molar-refractivity contribution < 1.29 is 27.5 Å². The van der Waals surface area contributed by atoms with Crippen LogP contribution in [-0.2, 0) is 0 Å². The number of nitrogens with one attached hydrogen (secondary N) is 1. The molecule has 0 bridgehead atoms. The number of nitrogens with two attached hydrogens (primary N) is 1. The molecule has 0 aliphatic carbocycles. The van der Waals surface area contributed by atoms with E-state index in [4.69, 9.17) is 19.6 Å². The van der Waals surface area contributed by atoms with E-state index >= 15 is 0 Å². The quantitative estimate of drug-likeness (QED) is 0.557. The van der Waals surface area contributed by atoms with Gasteiger partial charge < -0.3 is 24.9 Å². The van der Waals surface area contributed by atoms with E-state index in [1.54, 1.807) is 36.4 Å². The van der Waals surface area contributed by atoms with E-state index in [1.165, 1.54) is 13.3 Å². The number of halogens is 2. The van der Waals surface area contributed by atoms with Gasteiger partial charge in [-0.1, -0.05) is 0 Å². The van der Waals surface area contributed by atoms with Crippen molar-refractivity contribution >= 4 is 6.03 Å². The van der Waals surface area contributed by atoms with Crippen LogP contribution < -0.4 is 20.5 Å². The molecule has 3 aromatic rings. The number of carbonyl (C=O) groups excluding carboxylic acids is 1. The number of rotatable bonds is 8. The number of methoxy groups -OCH3 is 1. The van der Waals surface area contributed by atoms with Crippen LogP contribution in [0.1, 0.15) is 12.3 Å². The molecule has 2 amide bonds. The lowest BCUT2D eigenvalue weighted by molar-refractivity contribution is 0.116. The molecular weight excluding hydrogens is 386 g/mol. The highest BCUT2D eigenvalue weighted by Gasteiger charge is 2.22. The second-order valence-electron chi connectivity index (χ2n) is 5.78. The first kappa shape index (κ1) is 20.1. The van der Waals surface area contributed by atoms with Crippen LogP contribution in [0.4, 0.5) is 13.6 Å². The number of ether oxygens (including phenoxy) is 2. The summed E-state index contributed by atoms with van der Waals surface area (Å²) in [5.74, 6) is 0.430. The molecule has 8 nitrogen and oxygen atoms in total. The van der Waals surface area contributed by atoms with Gasteiger partial charge in [-0.2, -0.15) is 8.78 Å². The molecule has 2 aromatic heterocycles. The molecule has 0 aliphatic rings. The number of carbonyl (C=O) groups is 1. The second kappa shape index (κ2) is 9.00. The minimum absolute atomic E-state index is 0.189. The van der Waals surface area contributed by atoms with Crippen LogP contribution in [0.15, 0.2) is 47.0 Å². The van der Waals surface area contributed by atoms with Gasteiger partial charge in [0, 0.05) is 23.4 Å². The lowest BCUT2D eigenvalue weighted by Crippen LogP contribution is -2.32. The number of hydrogen-bond acceptors (Lipinski definition) is 6. The van der Waals surface area contributed by atoms with Crippen molar-refractivity contribution in [2.24, 2.45) is 5.73 Å². The average molecular weight is 404 g/mol. The Labute approximate surface area is 164 Å². The molecule has 0 fully saturated rings. The molecule has 152 valence electrons. The fraction of sp³-hybridized carbons (Fsp3) is 0.211. The third kappa shape index (κ3) is 4.98. The Bertz CT molecular complexity index is 959. The molecule has 0 atom stereocenters. The van der Waals surface area contributed by atoms with E-state index in [2.05, 4.69) is 15.3 Å². The smallest absolute Gasteiger partial charge is 0.313 e. The molecule has 10 heteroatoms. The number of oxazole rings is 1. The van der Waals surface area contributed by atoms with Crippen molar-refractivity contribution in [3.05, 3.63) is 48.5 Å². The van der Waals surface area contributed by atoms with E-state index in [9.17, 15) is 13.6 Å². The first-order valence-electron chi connectivity index (χ1n) is 8.53. The molecule has 0 spiro atoms. The lowest BCUT2D eigenvalue weighted by atomic mass is 10.1. The fourth-order valence-electron chi connectivity index (χ4n) is 2.51. The average Bonchev–Trinajstić information content (AvgIpc) is 3.17. The van der Waals surface area contributed by atoms with Gasteiger partial charge in [0.2, 0.25) is 5.88 Å². The SMILES string of the molecule is COc1ccc(-c2nc(C(F)F)oc2-c2ccc(OCCNC(N)=O)cc2)cn1. The van der Waals surface area contributed by atoms with Crippen LogP contribution in [0.3, 0.4) is 0 Å². The molecule has 3 N–H and O–H groups in total. The topological polar surface area (TPSA) is 113 Å². The number of urea groups is 1. The van der Waals surface area contributed by atoms with Crippen LogP contribution in [0.25, 0.3) is 22.6 Å². The molecule has 0 unspecified atom stereocenters. The van der Waals surface area contributed by atoms with Crippen LogP contribution in [0, 0.1) is 0 Å². The zero-order valence-electron chi connectivity index (χ0n) is 15.4. The standard InChI is InChI=1S/C19H18F2N4O4/c1-27-14-7-4-12(10-24-14)15-16(29-18(25-15)17(20)21)11-2-5-13(6-3-11)28-9-8-23-19(22)26/h2-7,10,17H,8-9H2,1H3,(H3,22,23,26). The Morgan fingerprint density at radius 3 is 2.52 bits per heavy atom. The summed E-state index contributed by atoms with van der Waals surface area (Å²) in [6.07, 6.45) is -1.38. The van der Waals surface area contributed by atoms with E-state index in [0.717, 1.165) is 0 Å². The van der Waals surface area contributed by atoms with Gasteiger partial charge in [0.25, 0.3) is 5.89 Å². The largest absolute Gasteiger partial charge is 0.492 e. The maximum atomic E-state index is 13.2. The van der Waals surface area contributed by atoms with Crippen LogP contribution >= 0.6 is 0 Å². The van der Waals surface area contributed by atoms with Crippen molar-refractivity contribution in [3.63, 3.8) is 0 Å². The van der Waals surface area contributed by atoms with Crippen molar-refractivity contribution in [2.45, 2.75) is 6.43 Å². The normalized spacial score (nSPS) is 10.8. The van der Waals surface area contributed by atoms with Crippen LogP contribution in [0.5, 0.6) is 11.6 Å². The minimum atomic E-state index is -2.85. The summed E-state index contributed by atoms with van der Waals surface area (Å²) < 4.78 is 42.1. The summed E-state index contributed by atoms with van der Waals surface area (Å²) in [6, 6.07) is 9.25. The number of primary amides is 1. The Hall–Kier alpha value is -3.69. The van der Waals surface area contributed by atoms with Gasteiger partial charge in [-0.05, 0) is 30.3 Å². The Balaban J connectivity index is 1.84. The summed E-state index contributed by atoms with van der Waals surface area (Å²) >= 11 is 0. The molecule has 0 saturated carbocycles. The van der Waals surface area contributed by atoms with Crippen LogP contribution in [-0.4, -0.2) is 36.3 Å². The summed E-state index contributed by atoms with van der Waals surface area (Å²) in [4.78, 5) is 18.6. The van der Waals surface area contributed by atoms with E-state index in [-0.39, 0.29) is 24.6 Å². The maximum absolute atomic E-state index is 13.2. The molecule has 0 radical (unpaired) electrons. The Kier molecular flexibility index (Phi) is 6.22. The van der Waals surface area contributed by atoms with Gasteiger partial charge in [0.05, 0.1) is 13.7 Å². The van der Waals surface area contributed by atoms with Crippen molar-refractivity contribution in [3.8, 4) is 34.2 Å². The summed E-state index contributed by atoms with van der Waals surface area (Å²) in [6.45, 7) is 0.481. The van der Waals surface area contributed by atoms with Gasteiger partial charge in [0.15, 0.2) is 5.76 Å². The predicted molar refractivity (Wildman–Crippen MR) is 99.8 cm³/mol. The first-order valence-corrected chi connectivity index (χ1v) is 8.53. The molecule has 0 saturated heterocycles. The van der Waals surface area contributed by atoms with E-state index < -0.39 is 18.3 Å². The summed E-state index contributed by atoms with van der Waals surface area (Å²) in [5, 5.41) is 2.40. The highest BCUT2D eigenvalue weighted by molar-refractivity contribution is 5.77. The number of hydrogen-bond donors (Lipinski definition) is 2. The van der Waals surface area contributed by atoms with E-state index in [1.807, 2.05) is 0 Å². The zero-order chi connectivity index (χ0) is 20.8. The lowest BCUT2D eigenvalue weighted by Gasteiger charge is -2.07. The number of benzene rings is 1. The molecule has 1 aromatic carbocycles. The minimum Gasteiger partial charge on any atom is -0.492 e. The second-order valence-corrected chi connectivity index (χ2v) is 5.78. The highest BCUT2D eigenvalue weighted by atomic mass is 19.3. The van der Waals surface area contributed by atoms with Gasteiger partial charge in [0.1, 0.15) is 18.1 Å². The molecule has 3 rings (SSSR count). The number of nitrogens with zero attached hydrogens (tertiary/aromatic N) is 2. The number of pyridine rings is 1. The zero-order valence-corrected chi connectivity index (χ0v) is 15.4. The molecular formula is C19H18F2N4O4. The van der Waals surface area contributed by atoms with Gasteiger partial charge in [-0.3, -0.25) is 0 Å². The third-order valence-electron chi connectivity index (χ3n) is 3.84. The Morgan fingerprint density at radius 1 is 1.21 bits per heavy atom. The van der Waals surface area contributed by atoms with Gasteiger partial charge >= 0.3 is 12.5 Å².